The molecule has 0 aliphatic carbocycles. The second-order valence-corrected chi connectivity index (χ2v) is 5.33. The van der Waals surface area contributed by atoms with Crippen molar-refractivity contribution in [2.24, 2.45) is 0 Å². The van der Waals surface area contributed by atoms with Gasteiger partial charge in [-0.15, -0.1) is 21.5 Å². The van der Waals surface area contributed by atoms with Gasteiger partial charge in [-0.25, -0.2) is 4.79 Å². The third-order valence-electron chi connectivity index (χ3n) is 2.79. The van der Waals surface area contributed by atoms with Gasteiger partial charge in [-0.3, -0.25) is 0 Å². The summed E-state index contributed by atoms with van der Waals surface area (Å²) in [5.41, 5.74) is 0.408. The highest BCUT2D eigenvalue weighted by molar-refractivity contribution is 7.13. The fourth-order valence-corrected chi connectivity index (χ4v) is 2.49. The van der Waals surface area contributed by atoms with Crippen LogP contribution in [-0.2, 0) is 11.3 Å². The number of hydrogen-bond acceptors (Lipinski definition) is 7. The second-order valence-electron chi connectivity index (χ2n) is 4.38. The van der Waals surface area contributed by atoms with Crippen molar-refractivity contribution in [1.82, 2.24) is 10.2 Å². The normalized spacial score (nSPS) is 10.8. The zero-order valence-corrected chi connectivity index (χ0v) is 12.3. The topological polar surface area (TPSA) is 78.4 Å². The van der Waals surface area contributed by atoms with Gasteiger partial charge < -0.3 is 13.6 Å². The van der Waals surface area contributed by atoms with Gasteiger partial charge in [-0.1, -0.05) is 6.07 Å². The van der Waals surface area contributed by atoms with Crippen molar-refractivity contribution < 1.29 is 18.4 Å². The fraction of sp³-hybridized carbons (Fsp3) is 0.214. The Morgan fingerprint density at radius 1 is 1.33 bits per heavy atom. The van der Waals surface area contributed by atoms with Gasteiger partial charge in [0.15, 0.2) is 6.61 Å². The summed E-state index contributed by atoms with van der Waals surface area (Å²) in [7, 11) is 0. The minimum atomic E-state index is -0.472. The van der Waals surface area contributed by atoms with Gasteiger partial charge in [-0.2, -0.15) is 0 Å². The molecule has 0 spiro atoms. The van der Waals surface area contributed by atoms with E-state index in [2.05, 4.69) is 10.2 Å². The molecule has 0 bridgehead atoms. The van der Waals surface area contributed by atoms with Crippen LogP contribution in [0.4, 0.5) is 0 Å². The molecule has 0 radical (unpaired) electrons. The van der Waals surface area contributed by atoms with E-state index in [9.17, 15) is 4.79 Å². The van der Waals surface area contributed by atoms with Gasteiger partial charge in [0.2, 0.25) is 0 Å². The third kappa shape index (κ3) is 2.87. The smallest absolute Gasteiger partial charge is 0.342 e. The largest absolute Gasteiger partial charge is 0.466 e. The number of furan rings is 1. The zero-order valence-electron chi connectivity index (χ0n) is 11.5. The third-order valence-corrected chi connectivity index (χ3v) is 3.64. The monoisotopic (exact) mass is 304 g/mol. The van der Waals surface area contributed by atoms with E-state index in [0.29, 0.717) is 23.0 Å². The van der Waals surface area contributed by atoms with Crippen molar-refractivity contribution in [2.75, 3.05) is 0 Å². The molecular weight excluding hydrogens is 292 g/mol. The highest BCUT2D eigenvalue weighted by Gasteiger charge is 2.17. The molecule has 0 amide bonds. The van der Waals surface area contributed by atoms with Crippen LogP contribution in [0.1, 0.15) is 27.8 Å². The maximum Gasteiger partial charge on any atom is 0.342 e. The molecule has 108 valence electrons. The van der Waals surface area contributed by atoms with Crippen molar-refractivity contribution in [3.63, 3.8) is 0 Å². The molecule has 6 nitrogen and oxygen atoms in total. The van der Waals surface area contributed by atoms with E-state index in [1.165, 1.54) is 11.3 Å². The SMILES string of the molecule is Cc1cc(C(=O)OCc2nnc(-c3cccs3)o2)c(C)o1. The molecule has 3 aromatic rings. The second kappa shape index (κ2) is 5.53. The summed E-state index contributed by atoms with van der Waals surface area (Å²) in [6, 6.07) is 5.42. The molecule has 21 heavy (non-hydrogen) atoms. The Hall–Kier alpha value is -2.41. The quantitative estimate of drug-likeness (QED) is 0.688. The number of ether oxygens (including phenoxy) is 1. The predicted molar refractivity (Wildman–Crippen MR) is 74.9 cm³/mol. The van der Waals surface area contributed by atoms with Crippen LogP contribution in [0.5, 0.6) is 0 Å². The van der Waals surface area contributed by atoms with Crippen LogP contribution in [0.25, 0.3) is 10.8 Å². The first-order valence-electron chi connectivity index (χ1n) is 6.24. The van der Waals surface area contributed by atoms with Crippen molar-refractivity contribution in [3.05, 3.63) is 46.6 Å². The van der Waals surface area contributed by atoms with Crippen LogP contribution in [0.15, 0.2) is 32.4 Å². The summed E-state index contributed by atoms with van der Waals surface area (Å²) in [5, 5.41) is 9.69. The lowest BCUT2D eigenvalue weighted by atomic mass is 10.2. The summed E-state index contributed by atoms with van der Waals surface area (Å²) in [6.07, 6.45) is 0. The lowest BCUT2D eigenvalue weighted by Gasteiger charge is -1.99. The maximum absolute atomic E-state index is 11.9. The summed E-state index contributed by atoms with van der Waals surface area (Å²) in [5.74, 6) is 1.40. The molecule has 0 aromatic carbocycles. The Balaban J connectivity index is 1.65. The number of aromatic nitrogens is 2. The number of nitrogens with zero attached hydrogens (tertiary/aromatic N) is 2. The molecule has 0 aliphatic rings. The van der Waals surface area contributed by atoms with Gasteiger partial charge in [0.25, 0.3) is 11.8 Å². The molecule has 3 heterocycles. The Morgan fingerprint density at radius 3 is 2.86 bits per heavy atom. The van der Waals surface area contributed by atoms with E-state index < -0.39 is 5.97 Å². The van der Waals surface area contributed by atoms with Crippen molar-refractivity contribution in [2.45, 2.75) is 20.5 Å². The predicted octanol–water partition coefficient (Wildman–Crippen LogP) is 3.36. The van der Waals surface area contributed by atoms with Gasteiger partial charge in [0.05, 0.1) is 4.88 Å². The molecule has 0 saturated heterocycles. The first kappa shape index (κ1) is 13.6. The molecule has 0 atom stereocenters. The maximum atomic E-state index is 11.9. The van der Waals surface area contributed by atoms with Crippen LogP contribution in [0.3, 0.4) is 0 Å². The van der Waals surface area contributed by atoms with E-state index >= 15 is 0 Å². The molecule has 3 rings (SSSR count). The lowest BCUT2D eigenvalue weighted by molar-refractivity contribution is 0.0436. The fourth-order valence-electron chi connectivity index (χ4n) is 1.85. The Morgan fingerprint density at radius 2 is 2.19 bits per heavy atom. The van der Waals surface area contributed by atoms with Crippen LogP contribution in [0.2, 0.25) is 0 Å². The van der Waals surface area contributed by atoms with Crippen molar-refractivity contribution in [1.29, 1.82) is 0 Å². The Labute approximate surface area is 124 Å². The Bertz CT molecular complexity index is 758. The molecule has 0 aliphatic heterocycles. The summed E-state index contributed by atoms with van der Waals surface area (Å²) >= 11 is 1.50. The summed E-state index contributed by atoms with van der Waals surface area (Å²) in [4.78, 5) is 12.8. The first-order valence-corrected chi connectivity index (χ1v) is 7.12. The highest BCUT2D eigenvalue weighted by Crippen LogP contribution is 2.23. The number of aryl methyl sites for hydroxylation is 2. The summed E-state index contributed by atoms with van der Waals surface area (Å²) in [6.45, 7) is 3.42. The van der Waals surface area contributed by atoms with Gasteiger partial charge in [0.1, 0.15) is 17.1 Å². The summed E-state index contributed by atoms with van der Waals surface area (Å²) < 4.78 is 15.9. The number of esters is 1. The standard InChI is InChI=1S/C14H12N2O4S/c1-8-6-10(9(2)19-8)14(17)18-7-12-15-16-13(20-12)11-4-3-5-21-11/h3-6H,7H2,1-2H3. The highest BCUT2D eigenvalue weighted by atomic mass is 32.1. The average molecular weight is 304 g/mol. The van der Waals surface area contributed by atoms with E-state index in [-0.39, 0.29) is 12.5 Å². The van der Waals surface area contributed by atoms with E-state index in [1.807, 2.05) is 17.5 Å². The number of carbonyl (C=O) groups excluding carboxylic acids is 1. The van der Waals surface area contributed by atoms with Crippen molar-refractivity contribution >= 4 is 17.3 Å². The first-order chi connectivity index (χ1) is 10.1. The zero-order chi connectivity index (χ0) is 14.8. The number of carbonyl (C=O) groups is 1. The van der Waals surface area contributed by atoms with Gasteiger partial charge >= 0.3 is 5.97 Å². The van der Waals surface area contributed by atoms with Crippen LogP contribution in [0, 0.1) is 13.8 Å². The van der Waals surface area contributed by atoms with Crippen molar-refractivity contribution in [3.8, 4) is 10.8 Å². The molecule has 0 saturated carbocycles. The van der Waals surface area contributed by atoms with Crippen LogP contribution >= 0.6 is 11.3 Å². The number of rotatable bonds is 4. The molecule has 0 N–H and O–H groups in total. The molecule has 0 fully saturated rings. The minimum Gasteiger partial charge on any atom is -0.466 e. The molecule has 3 aromatic heterocycles. The number of thiophene rings is 1. The van der Waals surface area contributed by atoms with E-state index in [1.54, 1.807) is 19.9 Å². The lowest BCUT2D eigenvalue weighted by Crippen LogP contribution is -2.05. The van der Waals surface area contributed by atoms with Crippen LogP contribution in [-0.4, -0.2) is 16.2 Å². The van der Waals surface area contributed by atoms with Gasteiger partial charge in [0, 0.05) is 0 Å². The Kier molecular flexibility index (Phi) is 3.57. The molecular formula is C14H12N2O4S. The average Bonchev–Trinajstić information content (AvgIpc) is 3.15. The minimum absolute atomic E-state index is 0.0686. The molecule has 0 unspecified atom stereocenters. The van der Waals surface area contributed by atoms with Gasteiger partial charge in [-0.05, 0) is 31.4 Å². The van der Waals surface area contributed by atoms with Crippen LogP contribution < -0.4 is 0 Å². The van der Waals surface area contributed by atoms with E-state index in [0.717, 1.165) is 4.88 Å². The molecule has 7 heteroatoms. The van der Waals surface area contributed by atoms with E-state index in [4.69, 9.17) is 13.6 Å². The number of hydrogen-bond donors (Lipinski definition) is 0.